The van der Waals surface area contributed by atoms with Crippen molar-refractivity contribution in [3.63, 3.8) is 0 Å². The predicted molar refractivity (Wildman–Crippen MR) is 97.1 cm³/mol. The molecule has 0 fully saturated rings. The van der Waals surface area contributed by atoms with E-state index < -0.39 is 18.5 Å². The molecule has 0 unspecified atom stereocenters. The summed E-state index contributed by atoms with van der Waals surface area (Å²) in [5.74, 6) is -0.917. The summed E-state index contributed by atoms with van der Waals surface area (Å²) in [6.45, 7) is 3.52. The molecule has 1 aromatic rings. The van der Waals surface area contributed by atoms with Crippen LogP contribution in [-0.4, -0.2) is 37.5 Å². The smallest absolute Gasteiger partial charge is 0.325 e. The minimum Gasteiger partial charge on any atom is -0.454 e. The third-order valence-electron chi connectivity index (χ3n) is 3.55. The second-order valence-corrected chi connectivity index (χ2v) is 6.16. The van der Waals surface area contributed by atoms with Crippen LogP contribution >= 0.6 is 0 Å². The van der Waals surface area contributed by atoms with Gasteiger partial charge < -0.3 is 15.0 Å². The largest absolute Gasteiger partial charge is 0.454 e. The molecular formula is C19H25N3O4. The molecule has 0 aliphatic rings. The first-order chi connectivity index (χ1) is 12.4. The molecule has 26 heavy (non-hydrogen) atoms. The van der Waals surface area contributed by atoms with Crippen LogP contribution in [0.2, 0.25) is 0 Å². The van der Waals surface area contributed by atoms with E-state index in [-0.39, 0.29) is 25.4 Å². The number of nitrogens with zero attached hydrogens (tertiary/aromatic N) is 2. The Labute approximate surface area is 153 Å². The summed E-state index contributed by atoms with van der Waals surface area (Å²) in [5, 5.41) is 11.2. The fourth-order valence-electron chi connectivity index (χ4n) is 2.12. The van der Waals surface area contributed by atoms with Crippen LogP contribution in [0, 0.1) is 17.2 Å². The van der Waals surface area contributed by atoms with Gasteiger partial charge in [-0.3, -0.25) is 14.4 Å². The minimum absolute atomic E-state index is 0.167. The quantitative estimate of drug-likeness (QED) is 0.644. The van der Waals surface area contributed by atoms with Crippen molar-refractivity contribution in [1.82, 2.24) is 5.32 Å². The third kappa shape index (κ3) is 8.29. The maximum Gasteiger partial charge on any atom is 0.325 e. The normalized spacial score (nSPS) is 10.1. The van der Waals surface area contributed by atoms with E-state index in [0.29, 0.717) is 18.0 Å². The van der Waals surface area contributed by atoms with Gasteiger partial charge in [0.25, 0.3) is 5.91 Å². The van der Waals surface area contributed by atoms with Crippen molar-refractivity contribution in [1.29, 1.82) is 5.26 Å². The van der Waals surface area contributed by atoms with Gasteiger partial charge >= 0.3 is 5.97 Å². The fourth-order valence-corrected chi connectivity index (χ4v) is 2.12. The van der Waals surface area contributed by atoms with Crippen molar-refractivity contribution in [2.75, 3.05) is 24.6 Å². The molecule has 7 nitrogen and oxygen atoms in total. The van der Waals surface area contributed by atoms with Crippen LogP contribution in [0.3, 0.4) is 0 Å². The Morgan fingerprint density at radius 1 is 1.23 bits per heavy atom. The Kier molecular flexibility index (Phi) is 9.47. The lowest BCUT2D eigenvalue weighted by atomic mass is 10.1. The fraction of sp³-hybridized carbons (Fsp3) is 0.474. The zero-order chi connectivity index (χ0) is 19.4. The molecule has 140 valence electrons. The van der Waals surface area contributed by atoms with Gasteiger partial charge in [-0.1, -0.05) is 32.0 Å². The van der Waals surface area contributed by atoms with Crippen molar-refractivity contribution >= 4 is 23.5 Å². The molecule has 0 aliphatic carbocycles. The number of carbonyl (C=O) groups excluding carboxylic acids is 3. The van der Waals surface area contributed by atoms with Gasteiger partial charge in [-0.2, -0.15) is 5.26 Å². The number of anilines is 1. The van der Waals surface area contributed by atoms with Crippen LogP contribution in [0.15, 0.2) is 30.3 Å². The number of amides is 2. The highest BCUT2D eigenvalue weighted by molar-refractivity contribution is 5.95. The van der Waals surface area contributed by atoms with Crippen LogP contribution in [0.1, 0.15) is 33.1 Å². The van der Waals surface area contributed by atoms with E-state index in [4.69, 9.17) is 10.00 Å². The van der Waals surface area contributed by atoms with Gasteiger partial charge in [0.15, 0.2) is 6.61 Å². The first-order valence-corrected chi connectivity index (χ1v) is 8.58. The average Bonchev–Trinajstić information content (AvgIpc) is 2.64. The van der Waals surface area contributed by atoms with Gasteiger partial charge in [0.1, 0.15) is 6.54 Å². The Bertz CT molecular complexity index is 638. The molecule has 0 saturated carbocycles. The zero-order valence-electron chi connectivity index (χ0n) is 15.2. The average molecular weight is 359 g/mol. The zero-order valence-corrected chi connectivity index (χ0v) is 15.2. The van der Waals surface area contributed by atoms with Crippen molar-refractivity contribution in [3.05, 3.63) is 30.3 Å². The van der Waals surface area contributed by atoms with Crippen LogP contribution in [0.4, 0.5) is 5.69 Å². The maximum atomic E-state index is 12.3. The van der Waals surface area contributed by atoms with Gasteiger partial charge in [-0.15, -0.1) is 0 Å². The highest BCUT2D eigenvalue weighted by atomic mass is 16.5. The van der Waals surface area contributed by atoms with E-state index in [0.717, 1.165) is 6.42 Å². The molecule has 2 amide bonds. The molecule has 0 bridgehead atoms. The molecule has 1 rings (SSSR count). The number of nitrogens with one attached hydrogen (secondary N) is 1. The van der Waals surface area contributed by atoms with E-state index in [9.17, 15) is 14.4 Å². The van der Waals surface area contributed by atoms with Crippen molar-refractivity contribution in [2.24, 2.45) is 5.92 Å². The molecule has 1 N–H and O–H groups in total. The summed E-state index contributed by atoms with van der Waals surface area (Å²) in [5.41, 5.74) is 0.630. The second-order valence-electron chi connectivity index (χ2n) is 6.16. The molecule has 0 aromatic heterocycles. The number of nitriles is 1. The van der Waals surface area contributed by atoms with Crippen LogP contribution in [0.5, 0.6) is 0 Å². The standard InChI is InChI=1S/C19H25N3O4/c1-15(2)9-10-17(23)21-13-19(25)26-14-18(24)22(12-6-11-20)16-7-4-3-5-8-16/h3-5,7-8,15H,6,9-10,12-14H2,1-2H3,(H,21,23). The number of ether oxygens (including phenoxy) is 1. The number of para-hydroxylation sites is 1. The lowest BCUT2D eigenvalue weighted by Crippen LogP contribution is -2.37. The van der Waals surface area contributed by atoms with Gasteiger partial charge in [0.2, 0.25) is 5.91 Å². The van der Waals surface area contributed by atoms with Gasteiger partial charge in [0.05, 0.1) is 12.5 Å². The molecule has 0 aliphatic heterocycles. The summed E-state index contributed by atoms with van der Waals surface area (Å²) < 4.78 is 4.93. The van der Waals surface area contributed by atoms with Crippen molar-refractivity contribution in [2.45, 2.75) is 33.1 Å². The minimum atomic E-state index is -0.676. The van der Waals surface area contributed by atoms with Crippen molar-refractivity contribution in [3.8, 4) is 6.07 Å². The SMILES string of the molecule is CC(C)CCC(=O)NCC(=O)OCC(=O)N(CCC#N)c1ccccc1. The maximum absolute atomic E-state index is 12.3. The lowest BCUT2D eigenvalue weighted by Gasteiger charge is -2.21. The number of hydrogen-bond donors (Lipinski definition) is 1. The summed E-state index contributed by atoms with van der Waals surface area (Å²) in [4.78, 5) is 37.0. The van der Waals surface area contributed by atoms with Crippen LogP contribution in [0.25, 0.3) is 0 Å². The van der Waals surface area contributed by atoms with E-state index in [1.807, 2.05) is 26.0 Å². The van der Waals surface area contributed by atoms with E-state index in [1.54, 1.807) is 24.3 Å². The Hall–Kier alpha value is -2.88. The molecule has 1 aromatic carbocycles. The molecule has 0 spiro atoms. The van der Waals surface area contributed by atoms with E-state index in [2.05, 4.69) is 5.32 Å². The molecule has 0 saturated heterocycles. The summed E-state index contributed by atoms with van der Waals surface area (Å²) in [6.07, 6.45) is 1.25. The number of benzene rings is 1. The third-order valence-corrected chi connectivity index (χ3v) is 3.55. The van der Waals surface area contributed by atoms with Crippen LogP contribution in [-0.2, 0) is 19.1 Å². The Morgan fingerprint density at radius 2 is 1.92 bits per heavy atom. The monoisotopic (exact) mass is 359 g/mol. The Balaban J connectivity index is 2.45. The molecule has 0 heterocycles. The van der Waals surface area contributed by atoms with Crippen LogP contribution < -0.4 is 10.2 Å². The first kappa shape index (κ1) is 21.2. The molecule has 0 atom stereocenters. The van der Waals surface area contributed by atoms with Gasteiger partial charge in [-0.05, 0) is 24.5 Å². The van der Waals surface area contributed by atoms with E-state index >= 15 is 0 Å². The second kappa shape index (κ2) is 11.6. The van der Waals surface area contributed by atoms with Gasteiger partial charge in [0, 0.05) is 18.7 Å². The Morgan fingerprint density at radius 3 is 2.54 bits per heavy atom. The first-order valence-electron chi connectivity index (χ1n) is 8.58. The van der Waals surface area contributed by atoms with Gasteiger partial charge in [-0.25, -0.2) is 0 Å². The number of carbonyl (C=O) groups is 3. The lowest BCUT2D eigenvalue weighted by molar-refractivity contribution is -0.147. The van der Waals surface area contributed by atoms with Crippen molar-refractivity contribution < 1.29 is 19.1 Å². The number of hydrogen-bond acceptors (Lipinski definition) is 5. The topological polar surface area (TPSA) is 99.5 Å². The molecular weight excluding hydrogens is 334 g/mol. The number of rotatable bonds is 10. The molecule has 0 radical (unpaired) electrons. The van der Waals surface area contributed by atoms with E-state index in [1.165, 1.54) is 4.90 Å². The summed E-state index contributed by atoms with van der Waals surface area (Å²) in [6, 6.07) is 10.9. The highest BCUT2D eigenvalue weighted by Gasteiger charge is 2.17. The molecule has 7 heteroatoms. The predicted octanol–water partition coefficient (Wildman–Crippen LogP) is 2.03. The number of esters is 1. The summed E-state index contributed by atoms with van der Waals surface area (Å²) in [7, 11) is 0. The summed E-state index contributed by atoms with van der Waals surface area (Å²) >= 11 is 0. The highest BCUT2D eigenvalue weighted by Crippen LogP contribution is 2.14.